The summed E-state index contributed by atoms with van der Waals surface area (Å²) in [7, 11) is 1.73. The van der Waals surface area contributed by atoms with Gasteiger partial charge in [0.2, 0.25) is 0 Å². The van der Waals surface area contributed by atoms with Crippen LogP contribution in [-0.2, 0) is 14.3 Å². The van der Waals surface area contributed by atoms with Gasteiger partial charge in [-0.15, -0.1) is 0 Å². The van der Waals surface area contributed by atoms with Gasteiger partial charge in [0.05, 0.1) is 0 Å². The molecule has 0 unspecified atom stereocenters. The summed E-state index contributed by atoms with van der Waals surface area (Å²) in [6, 6.07) is 0. The summed E-state index contributed by atoms with van der Waals surface area (Å²) >= 11 is 0. The molecule has 0 atom stereocenters. The summed E-state index contributed by atoms with van der Waals surface area (Å²) in [4.78, 5) is 27.2. The predicted octanol–water partition coefficient (Wildman–Crippen LogP) is -2.33. The first-order valence-electron chi connectivity index (χ1n) is 9.06. The molecule has 0 saturated carbocycles. The zero-order valence-corrected chi connectivity index (χ0v) is 21.1. The number of ether oxygens (including phenoxy) is 1. The minimum Gasteiger partial charge on any atom is -1.00 e. The third-order valence-corrected chi connectivity index (χ3v) is 3.95. The molecule has 8 heteroatoms. The van der Waals surface area contributed by atoms with E-state index in [-0.39, 0.29) is 68.5 Å². The summed E-state index contributed by atoms with van der Waals surface area (Å²) in [6.45, 7) is 2.24. The molecule has 0 amide bonds. The van der Waals surface area contributed by atoms with Crippen LogP contribution < -0.4 is 64.1 Å². The van der Waals surface area contributed by atoms with Crippen LogP contribution >= 0.6 is 0 Å². The average Bonchev–Trinajstić information content (AvgIpc) is 3.07. The molecule has 0 saturated heterocycles. The van der Waals surface area contributed by atoms with Crippen LogP contribution in [0.25, 0.3) is 0 Å². The first-order chi connectivity index (χ1) is 11.6. The van der Waals surface area contributed by atoms with Crippen molar-refractivity contribution < 1.29 is 76.3 Å². The number of rotatable bonds is 13. The van der Waals surface area contributed by atoms with Crippen LogP contribution in [0.3, 0.4) is 0 Å². The molecule has 0 bridgehead atoms. The molecule has 0 spiro atoms. The van der Waals surface area contributed by atoms with Gasteiger partial charge in [-0.1, -0.05) is 58.3 Å². The van der Waals surface area contributed by atoms with Gasteiger partial charge in [0, 0.05) is 25.9 Å². The van der Waals surface area contributed by atoms with Crippen molar-refractivity contribution in [2.24, 2.45) is 0 Å². The van der Waals surface area contributed by atoms with Crippen molar-refractivity contribution >= 4 is 11.9 Å². The fourth-order valence-corrected chi connectivity index (χ4v) is 2.51. The molecular weight excluding hydrogens is 352 g/mol. The summed E-state index contributed by atoms with van der Waals surface area (Å²) in [5.74, 6) is -0.964. The van der Waals surface area contributed by atoms with Crippen LogP contribution in [0.2, 0.25) is 0 Å². The van der Waals surface area contributed by atoms with Crippen molar-refractivity contribution in [1.29, 1.82) is 0 Å². The molecule has 0 aromatic carbocycles. The van der Waals surface area contributed by atoms with E-state index in [4.69, 9.17) is 4.74 Å². The first kappa shape index (κ1) is 28.4. The Hall–Kier alpha value is 0.150. The van der Waals surface area contributed by atoms with E-state index >= 15 is 0 Å². The smallest absolute Gasteiger partial charge is 1.00 e. The second-order valence-corrected chi connectivity index (χ2v) is 6.18. The van der Waals surface area contributed by atoms with Crippen LogP contribution in [0.15, 0.2) is 18.7 Å². The number of likely N-dealkylation sites (N-methyl/N-ethyl adjacent to an activating group) is 1. The number of esters is 2. The Bertz CT molecular complexity index is 481. The normalized spacial score (nSPS) is 9.77. The van der Waals surface area contributed by atoms with Crippen molar-refractivity contribution in [1.82, 2.24) is 9.66 Å². The van der Waals surface area contributed by atoms with Gasteiger partial charge in [0.15, 0.2) is 0 Å². The van der Waals surface area contributed by atoms with Crippen molar-refractivity contribution in [3.8, 4) is 0 Å². The number of imidazole rings is 1. The molecular formula is C18H33N3Na2O3. The van der Waals surface area contributed by atoms with Gasteiger partial charge in [0.1, 0.15) is 12.9 Å². The molecule has 0 fully saturated rings. The maximum absolute atomic E-state index is 11.7. The number of hydrogen-bond acceptors (Lipinski definition) is 5. The quantitative estimate of drug-likeness (QED) is 0.165. The SMILES string of the molecule is CCCCCCCCCCCC(=O)OC(=O)CN(C)n1ccnc1.[H-].[H-].[Na+].[Na+]. The largest absolute Gasteiger partial charge is 1.00 e. The summed E-state index contributed by atoms with van der Waals surface area (Å²) in [6.07, 6.45) is 16.0. The van der Waals surface area contributed by atoms with E-state index in [1.807, 2.05) is 0 Å². The molecule has 0 N–H and O–H groups in total. The van der Waals surface area contributed by atoms with E-state index in [2.05, 4.69) is 11.9 Å². The number of nitrogens with zero attached hydrogens (tertiary/aromatic N) is 3. The van der Waals surface area contributed by atoms with E-state index in [9.17, 15) is 9.59 Å². The Kier molecular flexibility index (Phi) is 20.2. The molecule has 1 aromatic rings. The van der Waals surface area contributed by atoms with Crippen LogP contribution in [0.1, 0.15) is 74.0 Å². The number of unbranched alkanes of at least 4 members (excludes halogenated alkanes) is 8. The van der Waals surface area contributed by atoms with Crippen molar-refractivity contribution in [3.05, 3.63) is 18.7 Å². The van der Waals surface area contributed by atoms with E-state index < -0.39 is 11.9 Å². The van der Waals surface area contributed by atoms with Gasteiger partial charge in [-0.3, -0.25) is 9.47 Å². The van der Waals surface area contributed by atoms with Crippen molar-refractivity contribution in [2.75, 3.05) is 18.6 Å². The van der Waals surface area contributed by atoms with E-state index in [1.165, 1.54) is 38.5 Å². The molecule has 1 aromatic heterocycles. The Morgan fingerprint density at radius 3 is 2.12 bits per heavy atom. The Balaban J connectivity index is -0.000000720. The van der Waals surface area contributed by atoms with Gasteiger partial charge >= 0.3 is 71.1 Å². The first-order valence-corrected chi connectivity index (χ1v) is 9.06. The summed E-state index contributed by atoms with van der Waals surface area (Å²) in [5.41, 5.74) is 0. The third kappa shape index (κ3) is 14.2. The third-order valence-electron chi connectivity index (χ3n) is 3.95. The molecule has 1 rings (SSSR count). The molecule has 0 aliphatic rings. The molecule has 6 nitrogen and oxygen atoms in total. The molecule has 1 heterocycles. The number of carbonyl (C=O) groups is 2. The number of aromatic nitrogens is 2. The van der Waals surface area contributed by atoms with Gasteiger partial charge in [-0.2, -0.15) is 0 Å². The minimum absolute atomic E-state index is 0. The number of hydrogen-bond donors (Lipinski definition) is 0. The van der Waals surface area contributed by atoms with Crippen molar-refractivity contribution in [3.63, 3.8) is 0 Å². The Morgan fingerprint density at radius 2 is 1.58 bits per heavy atom. The molecule has 140 valence electrons. The second-order valence-electron chi connectivity index (χ2n) is 6.18. The Morgan fingerprint density at radius 1 is 1.00 bits per heavy atom. The van der Waals surface area contributed by atoms with Gasteiger partial charge in [-0.25, -0.2) is 9.78 Å². The zero-order chi connectivity index (χ0) is 17.6. The van der Waals surface area contributed by atoms with Crippen LogP contribution in [0.4, 0.5) is 0 Å². The fraction of sp³-hybridized carbons (Fsp3) is 0.722. The van der Waals surface area contributed by atoms with Crippen LogP contribution in [0.5, 0.6) is 0 Å². The van der Waals surface area contributed by atoms with E-state index in [1.54, 1.807) is 35.5 Å². The monoisotopic (exact) mass is 385 g/mol. The zero-order valence-electron chi connectivity index (χ0n) is 19.1. The summed E-state index contributed by atoms with van der Waals surface area (Å²) < 4.78 is 6.50. The average molecular weight is 385 g/mol. The molecule has 0 radical (unpaired) electrons. The standard InChI is InChI=1S/C18H31N3O3.2Na.2H/c1-3-4-5-6-7-8-9-10-11-12-17(22)24-18(23)15-20(2)21-14-13-19-16-21;;;;/h13-14,16H,3-12,15H2,1-2H3;;;;/q;2*+1;2*-1. The summed E-state index contributed by atoms with van der Waals surface area (Å²) in [5, 5.41) is 1.63. The van der Waals surface area contributed by atoms with Gasteiger partial charge < -0.3 is 12.6 Å². The second kappa shape index (κ2) is 18.5. The molecule has 26 heavy (non-hydrogen) atoms. The van der Waals surface area contributed by atoms with Crippen LogP contribution in [-0.4, -0.2) is 35.2 Å². The Labute approximate surface area is 205 Å². The van der Waals surface area contributed by atoms with E-state index in [0.717, 1.165) is 19.3 Å². The van der Waals surface area contributed by atoms with Crippen molar-refractivity contribution in [2.45, 2.75) is 71.1 Å². The number of carbonyl (C=O) groups excluding carboxylic acids is 2. The van der Waals surface area contributed by atoms with Crippen LogP contribution in [0, 0.1) is 0 Å². The fourth-order valence-electron chi connectivity index (χ4n) is 2.51. The topological polar surface area (TPSA) is 64.4 Å². The van der Waals surface area contributed by atoms with Gasteiger partial charge in [0.25, 0.3) is 0 Å². The molecule has 0 aliphatic heterocycles. The predicted molar refractivity (Wildman–Crippen MR) is 96.4 cm³/mol. The maximum atomic E-state index is 11.7. The minimum atomic E-state index is -0.535. The maximum Gasteiger partial charge on any atom is 1.00 e. The van der Waals surface area contributed by atoms with Gasteiger partial charge in [-0.05, 0) is 6.42 Å². The van der Waals surface area contributed by atoms with E-state index in [0.29, 0.717) is 6.42 Å². The molecule has 0 aliphatic carbocycles.